The van der Waals surface area contributed by atoms with E-state index in [2.05, 4.69) is 10.6 Å². The number of rotatable bonds is 10. The monoisotopic (exact) mass is 351 g/mol. The Labute approximate surface area is 146 Å². The Morgan fingerprint density at radius 2 is 1.80 bits per heavy atom. The first-order valence-corrected chi connectivity index (χ1v) is 8.24. The summed E-state index contributed by atoms with van der Waals surface area (Å²) in [6.45, 7) is 5.88. The molecule has 1 amide bonds. The first-order valence-electron chi connectivity index (χ1n) is 8.24. The molecule has 1 aromatic rings. The van der Waals surface area contributed by atoms with E-state index in [1.165, 1.54) is 12.1 Å². The average Bonchev–Trinajstić information content (AvgIpc) is 2.55. The van der Waals surface area contributed by atoms with E-state index in [-0.39, 0.29) is 24.1 Å². The molecule has 8 heteroatoms. The summed E-state index contributed by atoms with van der Waals surface area (Å²) in [7, 11) is 0. The smallest absolute Gasteiger partial charge is 0.320 e. The molecule has 138 valence electrons. The Morgan fingerprint density at radius 1 is 1.20 bits per heavy atom. The van der Waals surface area contributed by atoms with Crippen molar-refractivity contribution in [2.45, 2.75) is 52.2 Å². The SMILES string of the molecule is CCC(NC(CC(C)C)C(=O)NCc1ccc([N+](=O)[O-])cc1)C(=O)O. The van der Waals surface area contributed by atoms with E-state index in [1.54, 1.807) is 19.1 Å². The molecule has 0 bridgehead atoms. The molecule has 2 atom stereocenters. The maximum absolute atomic E-state index is 12.4. The maximum atomic E-state index is 12.4. The van der Waals surface area contributed by atoms with Crippen LogP contribution in [0.4, 0.5) is 5.69 Å². The van der Waals surface area contributed by atoms with Gasteiger partial charge in [-0.15, -0.1) is 0 Å². The zero-order valence-corrected chi connectivity index (χ0v) is 14.7. The molecule has 8 nitrogen and oxygen atoms in total. The molecule has 3 N–H and O–H groups in total. The molecule has 0 aliphatic rings. The Balaban J connectivity index is 2.70. The van der Waals surface area contributed by atoms with Crippen molar-refractivity contribution < 1.29 is 19.6 Å². The number of carboxylic acids is 1. The van der Waals surface area contributed by atoms with Crippen LogP contribution in [0.5, 0.6) is 0 Å². The number of non-ortho nitro benzene ring substituents is 1. The summed E-state index contributed by atoms with van der Waals surface area (Å²) in [4.78, 5) is 33.8. The molecular formula is C17H25N3O5. The van der Waals surface area contributed by atoms with Crippen molar-refractivity contribution in [2.75, 3.05) is 0 Å². The van der Waals surface area contributed by atoms with Crippen LogP contribution >= 0.6 is 0 Å². The number of carboxylic acid groups (broad SMARTS) is 1. The number of aliphatic carboxylic acids is 1. The lowest BCUT2D eigenvalue weighted by Crippen LogP contribution is -2.51. The third-order valence-electron chi connectivity index (χ3n) is 3.75. The molecule has 0 saturated heterocycles. The van der Waals surface area contributed by atoms with E-state index in [4.69, 9.17) is 5.11 Å². The topological polar surface area (TPSA) is 122 Å². The molecule has 0 radical (unpaired) electrons. The summed E-state index contributed by atoms with van der Waals surface area (Å²) in [6, 6.07) is 4.52. The van der Waals surface area contributed by atoms with Crippen LogP contribution in [0, 0.1) is 16.0 Å². The summed E-state index contributed by atoms with van der Waals surface area (Å²) in [5, 5.41) is 25.5. The summed E-state index contributed by atoms with van der Waals surface area (Å²) < 4.78 is 0. The minimum Gasteiger partial charge on any atom is -0.480 e. The van der Waals surface area contributed by atoms with Gasteiger partial charge in [0.2, 0.25) is 5.91 Å². The van der Waals surface area contributed by atoms with E-state index in [1.807, 2.05) is 13.8 Å². The quantitative estimate of drug-likeness (QED) is 0.438. The minimum absolute atomic E-state index is 0.0123. The van der Waals surface area contributed by atoms with E-state index < -0.39 is 23.0 Å². The van der Waals surface area contributed by atoms with Gasteiger partial charge in [0.05, 0.1) is 11.0 Å². The molecule has 1 aromatic carbocycles. The summed E-state index contributed by atoms with van der Waals surface area (Å²) in [5.74, 6) is -1.06. The third-order valence-corrected chi connectivity index (χ3v) is 3.75. The fraction of sp³-hybridized carbons (Fsp3) is 0.529. The number of nitro benzene ring substituents is 1. The molecule has 1 rings (SSSR count). The van der Waals surface area contributed by atoms with Crippen molar-refractivity contribution in [2.24, 2.45) is 5.92 Å². The second kappa shape index (κ2) is 9.73. The van der Waals surface area contributed by atoms with E-state index in [9.17, 15) is 19.7 Å². The van der Waals surface area contributed by atoms with Gasteiger partial charge in [-0.25, -0.2) is 0 Å². The summed E-state index contributed by atoms with van der Waals surface area (Å²) >= 11 is 0. The average molecular weight is 351 g/mol. The first kappa shape index (κ1) is 20.6. The molecule has 25 heavy (non-hydrogen) atoms. The fourth-order valence-corrected chi connectivity index (χ4v) is 2.38. The highest BCUT2D eigenvalue weighted by atomic mass is 16.6. The van der Waals surface area contributed by atoms with Crippen LogP contribution in [0.3, 0.4) is 0 Å². The van der Waals surface area contributed by atoms with Crippen LogP contribution in [0.2, 0.25) is 0 Å². The number of hydrogen-bond donors (Lipinski definition) is 3. The van der Waals surface area contributed by atoms with Gasteiger partial charge in [0, 0.05) is 18.7 Å². The largest absolute Gasteiger partial charge is 0.480 e. The second-order valence-electron chi connectivity index (χ2n) is 6.29. The Bertz CT molecular complexity index is 601. The molecule has 0 aliphatic carbocycles. The Morgan fingerprint density at radius 3 is 2.24 bits per heavy atom. The number of nitrogens with one attached hydrogen (secondary N) is 2. The number of benzene rings is 1. The fourth-order valence-electron chi connectivity index (χ4n) is 2.38. The number of carbonyl (C=O) groups is 2. The van der Waals surface area contributed by atoms with Crippen molar-refractivity contribution >= 4 is 17.6 Å². The molecule has 0 spiro atoms. The lowest BCUT2D eigenvalue weighted by atomic mass is 10.0. The number of nitrogens with zero attached hydrogens (tertiary/aromatic N) is 1. The van der Waals surface area contributed by atoms with Gasteiger partial charge in [-0.05, 0) is 24.3 Å². The number of carbonyl (C=O) groups excluding carboxylic acids is 1. The van der Waals surface area contributed by atoms with Crippen LogP contribution in [0.1, 0.15) is 39.2 Å². The van der Waals surface area contributed by atoms with Gasteiger partial charge >= 0.3 is 5.97 Å². The minimum atomic E-state index is -0.987. The highest BCUT2D eigenvalue weighted by Gasteiger charge is 2.25. The van der Waals surface area contributed by atoms with Crippen LogP contribution in [-0.4, -0.2) is 34.0 Å². The van der Waals surface area contributed by atoms with Crippen molar-refractivity contribution in [3.05, 3.63) is 39.9 Å². The highest BCUT2D eigenvalue weighted by molar-refractivity contribution is 5.83. The second-order valence-corrected chi connectivity index (χ2v) is 6.29. The zero-order chi connectivity index (χ0) is 19.0. The molecule has 2 unspecified atom stereocenters. The maximum Gasteiger partial charge on any atom is 0.320 e. The molecule has 0 heterocycles. The first-order chi connectivity index (χ1) is 11.7. The van der Waals surface area contributed by atoms with Gasteiger partial charge in [-0.1, -0.05) is 32.9 Å². The van der Waals surface area contributed by atoms with E-state index in [0.717, 1.165) is 5.56 Å². The van der Waals surface area contributed by atoms with Gasteiger partial charge in [0.15, 0.2) is 0 Å². The standard InChI is InChI=1S/C17H25N3O5/c1-4-14(17(22)23)19-15(9-11(2)3)16(21)18-10-12-5-7-13(8-6-12)20(24)25/h5-8,11,14-15,19H,4,9-10H2,1-3H3,(H,18,21)(H,22,23). The normalized spacial score (nSPS) is 13.3. The summed E-state index contributed by atoms with van der Waals surface area (Å²) in [6.07, 6.45) is 0.884. The van der Waals surface area contributed by atoms with Crippen LogP contribution in [0.15, 0.2) is 24.3 Å². The number of nitro groups is 1. The van der Waals surface area contributed by atoms with Crippen molar-refractivity contribution in [3.63, 3.8) is 0 Å². The lowest BCUT2D eigenvalue weighted by Gasteiger charge is -2.23. The lowest BCUT2D eigenvalue weighted by molar-refractivity contribution is -0.384. The summed E-state index contributed by atoms with van der Waals surface area (Å²) in [5.41, 5.74) is 0.717. The third kappa shape index (κ3) is 6.88. The van der Waals surface area contributed by atoms with Gasteiger partial charge < -0.3 is 10.4 Å². The number of hydrogen-bond acceptors (Lipinski definition) is 5. The predicted molar refractivity (Wildman–Crippen MR) is 93.0 cm³/mol. The van der Waals surface area contributed by atoms with Gasteiger partial charge in [-0.2, -0.15) is 0 Å². The molecule has 0 aromatic heterocycles. The predicted octanol–water partition coefficient (Wildman–Crippen LogP) is 2.08. The van der Waals surface area contributed by atoms with Crippen LogP contribution < -0.4 is 10.6 Å². The van der Waals surface area contributed by atoms with E-state index >= 15 is 0 Å². The zero-order valence-electron chi connectivity index (χ0n) is 14.7. The highest BCUT2D eigenvalue weighted by Crippen LogP contribution is 2.12. The van der Waals surface area contributed by atoms with Crippen molar-refractivity contribution in [3.8, 4) is 0 Å². The van der Waals surface area contributed by atoms with E-state index in [0.29, 0.717) is 12.8 Å². The van der Waals surface area contributed by atoms with Gasteiger partial charge in [0.25, 0.3) is 5.69 Å². The van der Waals surface area contributed by atoms with Crippen molar-refractivity contribution in [1.82, 2.24) is 10.6 Å². The molecular weight excluding hydrogens is 326 g/mol. The molecule has 0 saturated carbocycles. The van der Waals surface area contributed by atoms with Gasteiger partial charge in [0.1, 0.15) is 6.04 Å². The molecule has 0 aliphatic heterocycles. The number of amides is 1. The molecule has 0 fully saturated rings. The Hall–Kier alpha value is -2.48. The van der Waals surface area contributed by atoms with Crippen LogP contribution in [-0.2, 0) is 16.1 Å². The van der Waals surface area contributed by atoms with Gasteiger partial charge in [-0.3, -0.25) is 25.0 Å². The Kier molecular flexibility index (Phi) is 8.00. The van der Waals surface area contributed by atoms with Crippen LogP contribution in [0.25, 0.3) is 0 Å². The van der Waals surface area contributed by atoms with Crippen molar-refractivity contribution in [1.29, 1.82) is 0 Å².